The number of aromatic nitrogens is 6. The molecule has 8 heteroatoms. The zero-order valence-corrected chi connectivity index (χ0v) is 18.2. The van der Waals surface area contributed by atoms with Crippen molar-refractivity contribution in [1.82, 2.24) is 29.1 Å². The summed E-state index contributed by atoms with van der Waals surface area (Å²) in [6.07, 6.45) is 3.27. The molecule has 31 heavy (non-hydrogen) atoms. The second-order valence-corrected chi connectivity index (χ2v) is 8.38. The SMILES string of the molecule is Cc1ccccc1-n1c(CSc2ncnc3c2ncn3C)nc2cccc(C)c2c1=O. The molecule has 0 atom stereocenters. The van der Waals surface area contributed by atoms with Crippen molar-refractivity contribution in [3.8, 4) is 5.69 Å². The third-order valence-electron chi connectivity index (χ3n) is 5.33. The Labute approximate surface area is 182 Å². The molecule has 5 aromatic rings. The number of aryl methyl sites for hydroxylation is 3. The highest BCUT2D eigenvalue weighted by atomic mass is 32.2. The number of fused-ring (bicyclic) bond motifs is 2. The minimum atomic E-state index is -0.0568. The number of rotatable bonds is 4. The first kappa shape index (κ1) is 19.4. The van der Waals surface area contributed by atoms with Gasteiger partial charge in [0.15, 0.2) is 5.65 Å². The van der Waals surface area contributed by atoms with Crippen LogP contribution in [0, 0.1) is 13.8 Å². The molecule has 0 aliphatic rings. The van der Waals surface area contributed by atoms with Gasteiger partial charge in [0.05, 0.1) is 28.7 Å². The van der Waals surface area contributed by atoms with E-state index in [4.69, 9.17) is 4.98 Å². The van der Waals surface area contributed by atoms with E-state index in [2.05, 4.69) is 15.0 Å². The summed E-state index contributed by atoms with van der Waals surface area (Å²) >= 11 is 1.50. The fourth-order valence-electron chi connectivity index (χ4n) is 3.76. The lowest BCUT2D eigenvalue weighted by Gasteiger charge is -2.16. The van der Waals surface area contributed by atoms with Crippen molar-refractivity contribution < 1.29 is 0 Å². The van der Waals surface area contributed by atoms with Gasteiger partial charge in [0, 0.05) is 7.05 Å². The van der Waals surface area contributed by atoms with E-state index in [0.29, 0.717) is 22.5 Å². The normalized spacial score (nSPS) is 11.5. The summed E-state index contributed by atoms with van der Waals surface area (Å²) in [5, 5.41) is 1.41. The highest BCUT2D eigenvalue weighted by Crippen LogP contribution is 2.27. The smallest absolute Gasteiger partial charge is 0.266 e. The highest BCUT2D eigenvalue weighted by molar-refractivity contribution is 7.98. The van der Waals surface area contributed by atoms with E-state index in [-0.39, 0.29) is 5.56 Å². The first-order valence-corrected chi connectivity index (χ1v) is 10.8. The van der Waals surface area contributed by atoms with Gasteiger partial charge in [0.2, 0.25) is 0 Å². The Morgan fingerprint density at radius 2 is 1.77 bits per heavy atom. The molecular formula is C23H20N6OS. The van der Waals surface area contributed by atoms with Crippen molar-refractivity contribution in [3.63, 3.8) is 0 Å². The molecule has 0 spiro atoms. The maximum Gasteiger partial charge on any atom is 0.266 e. The minimum absolute atomic E-state index is 0.0568. The van der Waals surface area contributed by atoms with Crippen molar-refractivity contribution in [3.05, 3.63) is 82.4 Å². The lowest BCUT2D eigenvalue weighted by Crippen LogP contribution is -2.25. The van der Waals surface area contributed by atoms with Crippen LogP contribution in [0.1, 0.15) is 17.0 Å². The Balaban J connectivity index is 1.68. The Morgan fingerprint density at radius 3 is 2.61 bits per heavy atom. The van der Waals surface area contributed by atoms with Crippen molar-refractivity contribution in [2.75, 3.05) is 0 Å². The average Bonchev–Trinajstić information content (AvgIpc) is 3.15. The van der Waals surface area contributed by atoms with Gasteiger partial charge >= 0.3 is 0 Å². The third-order valence-corrected chi connectivity index (χ3v) is 6.31. The second-order valence-electron chi connectivity index (χ2n) is 7.42. The van der Waals surface area contributed by atoms with Gasteiger partial charge in [-0.2, -0.15) is 0 Å². The Kier molecular flexibility index (Phi) is 4.78. The molecule has 5 rings (SSSR count). The van der Waals surface area contributed by atoms with Gasteiger partial charge in [-0.25, -0.2) is 19.9 Å². The molecule has 0 aliphatic heterocycles. The molecule has 0 bridgehead atoms. The van der Waals surface area contributed by atoms with Gasteiger partial charge in [-0.1, -0.05) is 42.1 Å². The van der Waals surface area contributed by atoms with Crippen LogP contribution in [0.2, 0.25) is 0 Å². The molecule has 3 heterocycles. The molecular weight excluding hydrogens is 408 g/mol. The summed E-state index contributed by atoms with van der Waals surface area (Å²) in [6.45, 7) is 3.95. The molecule has 3 aromatic heterocycles. The molecule has 7 nitrogen and oxygen atoms in total. The summed E-state index contributed by atoms with van der Waals surface area (Å²) in [4.78, 5) is 31.7. The molecule has 0 fully saturated rings. The third kappa shape index (κ3) is 3.29. The topological polar surface area (TPSA) is 78.5 Å². The largest absolute Gasteiger partial charge is 0.318 e. The average molecular weight is 429 g/mol. The lowest BCUT2D eigenvalue weighted by molar-refractivity contribution is 0.875. The fraction of sp³-hybridized carbons (Fsp3) is 0.174. The Bertz CT molecular complexity index is 1500. The molecule has 2 aromatic carbocycles. The number of hydrogen-bond acceptors (Lipinski definition) is 6. The molecule has 0 unspecified atom stereocenters. The summed E-state index contributed by atoms with van der Waals surface area (Å²) in [7, 11) is 1.90. The molecule has 0 N–H and O–H groups in total. The van der Waals surface area contributed by atoms with E-state index >= 15 is 0 Å². The molecule has 0 amide bonds. The van der Waals surface area contributed by atoms with Crippen LogP contribution < -0.4 is 5.56 Å². The van der Waals surface area contributed by atoms with Gasteiger partial charge in [-0.15, -0.1) is 0 Å². The molecule has 0 radical (unpaired) electrons. The Morgan fingerprint density at radius 1 is 0.968 bits per heavy atom. The number of benzene rings is 2. The molecule has 0 saturated heterocycles. The second kappa shape index (κ2) is 7.63. The van der Waals surface area contributed by atoms with Crippen LogP contribution in [-0.4, -0.2) is 29.1 Å². The van der Waals surface area contributed by atoms with Crippen LogP contribution in [0.4, 0.5) is 0 Å². The van der Waals surface area contributed by atoms with Crippen LogP contribution >= 0.6 is 11.8 Å². The number of imidazole rings is 1. The number of para-hydroxylation sites is 1. The van der Waals surface area contributed by atoms with E-state index < -0.39 is 0 Å². The standard InChI is InChI=1S/C23H20N6OS/c1-14-7-4-5-10-17(14)29-18(27-16-9-6-8-15(2)19(16)23(29)30)11-31-22-20-21(24-12-25-22)28(3)13-26-20/h4-10,12-13H,11H2,1-3H3. The maximum absolute atomic E-state index is 13.6. The van der Waals surface area contributed by atoms with Crippen molar-refractivity contribution in [2.45, 2.75) is 24.6 Å². The summed E-state index contributed by atoms with van der Waals surface area (Å²) in [5.74, 6) is 1.14. The summed E-state index contributed by atoms with van der Waals surface area (Å²) in [5.41, 5.74) is 4.94. The van der Waals surface area contributed by atoms with Gasteiger partial charge in [-0.3, -0.25) is 9.36 Å². The van der Waals surface area contributed by atoms with Crippen LogP contribution in [0.5, 0.6) is 0 Å². The van der Waals surface area contributed by atoms with Crippen molar-refractivity contribution >= 4 is 33.8 Å². The molecule has 0 saturated carbocycles. The van der Waals surface area contributed by atoms with Gasteiger partial charge in [0.25, 0.3) is 5.56 Å². The van der Waals surface area contributed by atoms with Gasteiger partial charge in [0.1, 0.15) is 22.7 Å². The zero-order chi connectivity index (χ0) is 21.5. The predicted octanol–water partition coefficient (Wildman–Crippen LogP) is 3.97. The van der Waals surface area contributed by atoms with Crippen molar-refractivity contribution in [1.29, 1.82) is 0 Å². The summed E-state index contributed by atoms with van der Waals surface area (Å²) < 4.78 is 3.59. The molecule has 0 aliphatic carbocycles. The first-order chi connectivity index (χ1) is 15.0. The number of thioether (sulfide) groups is 1. The van der Waals surface area contributed by atoms with E-state index in [1.165, 1.54) is 18.1 Å². The van der Waals surface area contributed by atoms with E-state index in [0.717, 1.165) is 33.0 Å². The quantitative estimate of drug-likeness (QED) is 0.318. The van der Waals surface area contributed by atoms with Crippen LogP contribution in [0.3, 0.4) is 0 Å². The van der Waals surface area contributed by atoms with E-state index in [1.54, 1.807) is 10.9 Å². The fourth-order valence-corrected chi connectivity index (χ4v) is 4.63. The number of hydrogen-bond donors (Lipinski definition) is 0. The molecule has 154 valence electrons. The first-order valence-electron chi connectivity index (χ1n) is 9.86. The Hall–Kier alpha value is -3.52. The minimum Gasteiger partial charge on any atom is -0.318 e. The van der Waals surface area contributed by atoms with E-state index in [9.17, 15) is 4.79 Å². The van der Waals surface area contributed by atoms with Gasteiger partial charge < -0.3 is 4.57 Å². The summed E-state index contributed by atoms with van der Waals surface area (Å²) in [6, 6.07) is 13.6. The van der Waals surface area contributed by atoms with Crippen LogP contribution in [0.15, 0.2) is 64.9 Å². The zero-order valence-electron chi connectivity index (χ0n) is 17.4. The van der Waals surface area contributed by atoms with Crippen molar-refractivity contribution in [2.24, 2.45) is 7.05 Å². The highest BCUT2D eigenvalue weighted by Gasteiger charge is 2.17. The van der Waals surface area contributed by atoms with Crippen LogP contribution in [-0.2, 0) is 12.8 Å². The maximum atomic E-state index is 13.6. The monoisotopic (exact) mass is 428 g/mol. The van der Waals surface area contributed by atoms with Gasteiger partial charge in [-0.05, 0) is 37.1 Å². The lowest BCUT2D eigenvalue weighted by atomic mass is 10.1. The number of nitrogens with zero attached hydrogens (tertiary/aromatic N) is 6. The predicted molar refractivity (Wildman–Crippen MR) is 123 cm³/mol. The van der Waals surface area contributed by atoms with E-state index in [1.807, 2.05) is 67.9 Å². The van der Waals surface area contributed by atoms with Crippen LogP contribution in [0.25, 0.3) is 27.8 Å².